The van der Waals surface area contributed by atoms with Crippen LogP contribution in [0.2, 0.25) is 0 Å². The molecule has 0 amide bonds. The monoisotopic (exact) mass is 264 g/mol. The smallest absolute Gasteiger partial charge is 0.336 e. The number of allylic oxidation sites excluding steroid dienone is 1. The molecule has 104 valence electrons. The van der Waals surface area contributed by atoms with E-state index < -0.39 is 17.9 Å². The highest BCUT2D eigenvalue weighted by Gasteiger charge is 2.58. The van der Waals surface area contributed by atoms with Crippen LogP contribution in [0.5, 0.6) is 0 Å². The topological polar surface area (TPSA) is 66.8 Å². The number of hydrogen-bond acceptors (Lipinski definition) is 4. The molecule has 2 aliphatic carbocycles. The second kappa shape index (κ2) is 3.70. The van der Waals surface area contributed by atoms with Gasteiger partial charge in [0.1, 0.15) is 0 Å². The van der Waals surface area contributed by atoms with Gasteiger partial charge in [0.25, 0.3) is 0 Å². The minimum absolute atomic E-state index is 0.110. The highest BCUT2D eigenvalue weighted by atomic mass is 16.7. The highest BCUT2D eigenvalue weighted by molar-refractivity contribution is 5.92. The third-order valence-corrected chi connectivity index (χ3v) is 5.36. The van der Waals surface area contributed by atoms with Gasteiger partial charge in [-0.1, -0.05) is 19.1 Å². The Hall–Kier alpha value is -1.13. The summed E-state index contributed by atoms with van der Waals surface area (Å²) in [5, 5.41) is 20.8. The van der Waals surface area contributed by atoms with Gasteiger partial charge in [-0.05, 0) is 31.6 Å². The molecule has 0 spiro atoms. The number of hydrogen-bond donors (Lipinski definition) is 2. The number of carbonyl (C=O) groups excluding carboxylic acids is 1. The van der Waals surface area contributed by atoms with E-state index in [0.717, 1.165) is 12.0 Å². The zero-order valence-corrected chi connectivity index (χ0v) is 11.4. The Morgan fingerprint density at radius 3 is 2.84 bits per heavy atom. The molecule has 0 bridgehead atoms. The van der Waals surface area contributed by atoms with Crippen LogP contribution in [0, 0.1) is 11.3 Å². The summed E-state index contributed by atoms with van der Waals surface area (Å²) in [6.07, 6.45) is 1.80. The molecule has 0 aromatic carbocycles. The van der Waals surface area contributed by atoms with Crippen molar-refractivity contribution in [1.29, 1.82) is 0 Å². The normalized spacial score (nSPS) is 45.9. The van der Waals surface area contributed by atoms with E-state index in [0.29, 0.717) is 24.0 Å². The number of carbonyl (C=O) groups is 1. The van der Waals surface area contributed by atoms with Crippen molar-refractivity contribution in [3.63, 3.8) is 0 Å². The Morgan fingerprint density at radius 1 is 1.47 bits per heavy atom. The molecular weight excluding hydrogens is 244 g/mol. The first-order chi connectivity index (χ1) is 8.78. The summed E-state index contributed by atoms with van der Waals surface area (Å²) >= 11 is 0. The largest absolute Gasteiger partial charge is 0.426 e. The summed E-state index contributed by atoms with van der Waals surface area (Å²) in [6, 6.07) is 0. The van der Waals surface area contributed by atoms with Crippen molar-refractivity contribution in [3.8, 4) is 0 Å². The Balaban J connectivity index is 2.07. The Morgan fingerprint density at radius 2 is 2.16 bits per heavy atom. The molecule has 4 heteroatoms. The Labute approximate surface area is 112 Å². The highest BCUT2D eigenvalue weighted by Crippen LogP contribution is 2.58. The fourth-order valence-electron chi connectivity index (χ4n) is 3.92. The second-order valence-electron chi connectivity index (χ2n) is 6.39. The maximum absolute atomic E-state index is 11.7. The van der Waals surface area contributed by atoms with Gasteiger partial charge in [0.05, 0.1) is 6.10 Å². The molecule has 0 radical (unpaired) electrons. The molecule has 4 atom stereocenters. The van der Waals surface area contributed by atoms with Crippen molar-refractivity contribution in [3.05, 3.63) is 23.3 Å². The predicted molar refractivity (Wildman–Crippen MR) is 69.0 cm³/mol. The maximum Gasteiger partial charge on any atom is 0.336 e. The molecule has 2 N–H and O–H groups in total. The average molecular weight is 264 g/mol. The lowest BCUT2D eigenvalue weighted by molar-refractivity contribution is -0.205. The summed E-state index contributed by atoms with van der Waals surface area (Å²) in [4.78, 5) is 11.7. The third-order valence-electron chi connectivity index (χ3n) is 5.36. The average Bonchev–Trinajstić information content (AvgIpc) is 2.55. The summed E-state index contributed by atoms with van der Waals surface area (Å²) in [5.74, 6) is -2.06. The van der Waals surface area contributed by atoms with E-state index in [4.69, 9.17) is 4.74 Å². The van der Waals surface area contributed by atoms with E-state index >= 15 is 0 Å². The van der Waals surface area contributed by atoms with Gasteiger partial charge in [0, 0.05) is 23.5 Å². The first-order valence-electron chi connectivity index (χ1n) is 6.80. The van der Waals surface area contributed by atoms with Crippen molar-refractivity contribution in [1.82, 2.24) is 0 Å². The van der Waals surface area contributed by atoms with Gasteiger partial charge in [-0.3, -0.25) is 0 Å². The van der Waals surface area contributed by atoms with E-state index in [-0.39, 0.29) is 17.8 Å². The zero-order valence-electron chi connectivity index (χ0n) is 11.4. The summed E-state index contributed by atoms with van der Waals surface area (Å²) in [6.45, 7) is 7.91. The van der Waals surface area contributed by atoms with Crippen LogP contribution in [0.1, 0.15) is 39.5 Å². The number of ether oxygens (including phenoxy) is 1. The van der Waals surface area contributed by atoms with E-state index in [9.17, 15) is 15.0 Å². The molecule has 2 saturated carbocycles. The lowest BCUT2D eigenvalue weighted by Gasteiger charge is -2.52. The van der Waals surface area contributed by atoms with Crippen molar-refractivity contribution in [2.75, 3.05) is 0 Å². The van der Waals surface area contributed by atoms with Crippen LogP contribution >= 0.6 is 0 Å². The molecule has 1 heterocycles. The predicted octanol–water partition coefficient (Wildman–Crippen LogP) is 1.68. The molecule has 4 nitrogen and oxygen atoms in total. The van der Waals surface area contributed by atoms with Gasteiger partial charge in [-0.25, -0.2) is 4.79 Å². The molecule has 2 fully saturated rings. The van der Waals surface area contributed by atoms with Crippen LogP contribution in [0.3, 0.4) is 0 Å². The number of aliphatic hydroxyl groups excluding tert-OH is 1. The lowest BCUT2D eigenvalue weighted by atomic mass is 9.55. The molecule has 0 aromatic rings. The molecule has 3 rings (SSSR count). The van der Waals surface area contributed by atoms with Gasteiger partial charge in [-0.2, -0.15) is 0 Å². The first kappa shape index (κ1) is 12.9. The Kier molecular flexibility index (Phi) is 2.51. The van der Waals surface area contributed by atoms with Gasteiger partial charge in [0.2, 0.25) is 5.79 Å². The van der Waals surface area contributed by atoms with Crippen LogP contribution in [-0.2, 0) is 9.53 Å². The zero-order chi connectivity index (χ0) is 14.0. The van der Waals surface area contributed by atoms with E-state index in [1.165, 1.54) is 0 Å². The SMILES string of the molecule is C=C1CCC(O)C2CC3(O)OC(=O)C(C)=C3CC12C. The standard InChI is InChI=1S/C15H20O4/c1-8-4-5-12(16)11-7-15(18)10(6-14(8,11)3)9(2)13(17)19-15/h11-12,16,18H,1,4-7H2,2-3H3. The minimum atomic E-state index is -1.51. The van der Waals surface area contributed by atoms with Crippen LogP contribution < -0.4 is 0 Å². The van der Waals surface area contributed by atoms with Crippen molar-refractivity contribution in [2.45, 2.75) is 51.4 Å². The number of aliphatic hydroxyl groups is 2. The number of rotatable bonds is 0. The summed E-state index contributed by atoms with van der Waals surface area (Å²) in [7, 11) is 0. The van der Waals surface area contributed by atoms with Crippen LogP contribution in [0.25, 0.3) is 0 Å². The number of fused-ring (bicyclic) bond motifs is 2. The summed E-state index contributed by atoms with van der Waals surface area (Å²) < 4.78 is 5.14. The van der Waals surface area contributed by atoms with Crippen molar-refractivity contribution < 1.29 is 19.7 Å². The third kappa shape index (κ3) is 1.56. The van der Waals surface area contributed by atoms with Crippen LogP contribution in [-0.4, -0.2) is 28.1 Å². The lowest BCUT2D eigenvalue weighted by Crippen LogP contribution is -2.52. The first-order valence-corrected chi connectivity index (χ1v) is 6.80. The quantitative estimate of drug-likeness (QED) is 0.516. The molecule has 3 aliphatic rings. The second-order valence-corrected chi connectivity index (χ2v) is 6.39. The molecule has 19 heavy (non-hydrogen) atoms. The van der Waals surface area contributed by atoms with Gasteiger partial charge >= 0.3 is 5.97 Å². The van der Waals surface area contributed by atoms with Gasteiger partial charge in [0.15, 0.2) is 0 Å². The fraction of sp³-hybridized carbons (Fsp3) is 0.667. The van der Waals surface area contributed by atoms with E-state index in [2.05, 4.69) is 13.5 Å². The molecular formula is C15H20O4. The summed E-state index contributed by atoms with van der Waals surface area (Å²) in [5.41, 5.74) is 2.03. The number of esters is 1. The van der Waals surface area contributed by atoms with Crippen molar-refractivity contribution >= 4 is 5.97 Å². The van der Waals surface area contributed by atoms with Gasteiger partial charge < -0.3 is 14.9 Å². The van der Waals surface area contributed by atoms with Crippen molar-refractivity contribution in [2.24, 2.45) is 11.3 Å². The molecule has 4 unspecified atom stereocenters. The van der Waals surface area contributed by atoms with Gasteiger partial charge in [-0.15, -0.1) is 0 Å². The fourth-order valence-corrected chi connectivity index (χ4v) is 3.92. The van der Waals surface area contributed by atoms with E-state index in [1.807, 2.05) is 0 Å². The molecule has 0 aromatic heterocycles. The van der Waals surface area contributed by atoms with Crippen LogP contribution in [0.15, 0.2) is 23.3 Å². The minimum Gasteiger partial charge on any atom is -0.426 e. The molecule has 1 aliphatic heterocycles. The molecule has 0 saturated heterocycles. The Bertz CT molecular complexity index is 506. The maximum atomic E-state index is 11.7. The van der Waals surface area contributed by atoms with E-state index in [1.54, 1.807) is 6.92 Å². The van der Waals surface area contributed by atoms with Crippen LogP contribution in [0.4, 0.5) is 0 Å².